The summed E-state index contributed by atoms with van der Waals surface area (Å²) in [7, 11) is -0.327. The van der Waals surface area contributed by atoms with Gasteiger partial charge < -0.3 is 18.8 Å². The minimum atomic E-state index is -0.327. The van der Waals surface area contributed by atoms with Crippen LogP contribution in [0.25, 0.3) is 0 Å². The predicted octanol–water partition coefficient (Wildman–Crippen LogP) is 3.16. The summed E-state index contributed by atoms with van der Waals surface area (Å²) in [5.41, 5.74) is 2.76. The van der Waals surface area contributed by atoms with E-state index in [0.717, 1.165) is 48.4 Å². The van der Waals surface area contributed by atoms with Crippen LogP contribution in [0.2, 0.25) is 0 Å². The average molecular weight is 332 g/mol. The van der Waals surface area contributed by atoms with Gasteiger partial charge in [-0.1, -0.05) is 0 Å². The molecular weight excluding hydrogens is 303 g/mol. The summed E-state index contributed by atoms with van der Waals surface area (Å²) in [6.07, 6.45) is 2.16. The van der Waals surface area contributed by atoms with Crippen LogP contribution in [-0.2, 0) is 14.0 Å². The van der Waals surface area contributed by atoms with E-state index < -0.39 is 0 Å². The number of ether oxygens (including phenoxy) is 2. The topological polar surface area (TPSA) is 36.9 Å². The molecule has 1 aromatic carbocycles. The molecule has 0 N–H and O–H groups in total. The molecule has 0 aromatic heterocycles. The van der Waals surface area contributed by atoms with Crippen LogP contribution in [0.15, 0.2) is 12.1 Å². The largest absolute Gasteiger partial charge is 0.495 e. The molecule has 2 aliphatic rings. The molecule has 0 atom stereocenters. The Labute approximate surface area is 146 Å². The van der Waals surface area contributed by atoms with E-state index in [1.54, 1.807) is 0 Å². The van der Waals surface area contributed by atoms with Crippen molar-refractivity contribution in [3.05, 3.63) is 23.3 Å². The molecular formula is C19H29BO4. The second-order valence-electron chi connectivity index (χ2n) is 7.99. The van der Waals surface area contributed by atoms with Crippen molar-refractivity contribution >= 4 is 12.6 Å². The van der Waals surface area contributed by atoms with E-state index in [1.165, 1.54) is 0 Å². The molecule has 1 aromatic rings. The van der Waals surface area contributed by atoms with Crippen LogP contribution in [-0.4, -0.2) is 37.6 Å². The zero-order chi connectivity index (χ0) is 17.5. The second-order valence-corrected chi connectivity index (χ2v) is 7.99. The van der Waals surface area contributed by atoms with E-state index >= 15 is 0 Å². The SMILES string of the molecule is Cc1cc(OC2CCOCC2)cc(C)c1B1OC(C)(C)C(C)(C)O1. The van der Waals surface area contributed by atoms with Crippen LogP contribution in [0.4, 0.5) is 0 Å². The summed E-state index contributed by atoms with van der Waals surface area (Å²) in [6.45, 7) is 14.1. The molecule has 2 heterocycles. The first-order valence-corrected chi connectivity index (χ1v) is 8.91. The van der Waals surface area contributed by atoms with Crippen molar-refractivity contribution < 1.29 is 18.8 Å². The zero-order valence-corrected chi connectivity index (χ0v) is 15.8. The number of benzene rings is 1. The van der Waals surface area contributed by atoms with Crippen LogP contribution in [0, 0.1) is 13.8 Å². The van der Waals surface area contributed by atoms with Crippen molar-refractivity contribution in [2.75, 3.05) is 13.2 Å². The number of hydrogen-bond donors (Lipinski definition) is 0. The van der Waals surface area contributed by atoms with Gasteiger partial charge in [-0.2, -0.15) is 0 Å². The van der Waals surface area contributed by atoms with Gasteiger partial charge in [-0.05, 0) is 70.3 Å². The number of hydrogen-bond acceptors (Lipinski definition) is 4. The van der Waals surface area contributed by atoms with Gasteiger partial charge in [-0.15, -0.1) is 0 Å². The first-order chi connectivity index (χ1) is 11.2. The first kappa shape index (κ1) is 17.8. The molecule has 0 amide bonds. The Morgan fingerprint density at radius 3 is 1.96 bits per heavy atom. The van der Waals surface area contributed by atoms with Crippen molar-refractivity contribution in [3.8, 4) is 5.75 Å². The third-order valence-electron chi connectivity index (χ3n) is 5.53. The third-order valence-corrected chi connectivity index (χ3v) is 5.53. The molecule has 2 aliphatic heterocycles. The van der Waals surface area contributed by atoms with Crippen molar-refractivity contribution in [1.29, 1.82) is 0 Å². The molecule has 2 saturated heterocycles. The fourth-order valence-electron chi connectivity index (χ4n) is 3.32. The fourth-order valence-corrected chi connectivity index (χ4v) is 3.32. The maximum absolute atomic E-state index is 6.22. The van der Waals surface area contributed by atoms with E-state index in [4.69, 9.17) is 18.8 Å². The van der Waals surface area contributed by atoms with Crippen LogP contribution in [0.1, 0.15) is 51.7 Å². The van der Waals surface area contributed by atoms with E-state index in [1.807, 2.05) is 0 Å². The van der Waals surface area contributed by atoms with Crippen LogP contribution in [0.3, 0.4) is 0 Å². The molecule has 0 saturated carbocycles. The monoisotopic (exact) mass is 332 g/mol. The van der Waals surface area contributed by atoms with Gasteiger partial charge in [0.15, 0.2) is 0 Å². The highest BCUT2D eigenvalue weighted by molar-refractivity contribution is 6.63. The smallest absolute Gasteiger partial charge is 0.490 e. The maximum Gasteiger partial charge on any atom is 0.495 e. The minimum Gasteiger partial charge on any atom is -0.490 e. The van der Waals surface area contributed by atoms with Crippen LogP contribution >= 0.6 is 0 Å². The van der Waals surface area contributed by atoms with Gasteiger partial charge in [0, 0.05) is 12.8 Å². The molecule has 0 spiro atoms. The van der Waals surface area contributed by atoms with Gasteiger partial charge in [0.25, 0.3) is 0 Å². The Balaban J connectivity index is 1.80. The molecule has 24 heavy (non-hydrogen) atoms. The Bertz CT molecular complexity index is 566. The maximum atomic E-state index is 6.22. The molecule has 2 fully saturated rings. The third kappa shape index (κ3) is 3.35. The summed E-state index contributed by atoms with van der Waals surface area (Å²) >= 11 is 0. The highest BCUT2D eigenvalue weighted by Crippen LogP contribution is 2.37. The summed E-state index contributed by atoms with van der Waals surface area (Å²) in [6, 6.07) is 4.20. The molecule has 0 bridgehead atoms. The summed E-state index contributed by atoms with van der Waals surface area (Å²) < 4.78 is 24.0. The summed E-state index contributed by atoms with van der Waals surface area (Å²) in [5, 5.41) is 0. The molecule has 0 radical (unpaired) electrons. The Morgan fingerprint density at radius 2 is 1.46 bits per heavy atom. The quantitative estimate of drug-likeness (QED) is 0.797. The normalized spacial score (nSPS) is 23.5. The Morgan fingerprint density at radius 1 is 0.958 bits per heavy atom. The number of aryl methyl sites for hydroxylation is 2. The average Bonchev–Trinajstić information content (AvgIpc) is 2.67. The van der Waals surface area contributed by atoms with Gasteiger partial charge in [0.1, 0.15) is 11.9 Å². The van der Waals surface area contributed by atoms with E-state index in [2.05, 4.69) is 53.7 Å². The lowest BCUT2D eigenvalue weighted by Gasteiger charge is -2.32. The van der Waals surface area contributed by atoms with Crippen molar-refractivity contribution in [1.82, 2.24) is 0 Å². The lowest BCUT2D eigenvalue weighted by atomic mass is 9.73. The predicted molar refractivity (Wildman–Crippen MR) is 96.1 cm³/mol. The highest BCUT2D eigenvalue weighted by Gasteiger charge is 2.52. The highest BCUT2D eigenvalue weighted by atomic mass is 16.7. The van der Waals surface area contributed by atoms with Gasteiger partial charge in [-0.25, -0.2) is 0 Å². The molecule has 132 valence electrons. The minimum absolute atomic E-state index is 0.250. The molecule has 0 aliphatic carbocycles. The van der Waals surface area contributed by atoms with Crippen LogP contribution < -0.4 is 10.2 Å². The van der Waals surface area contributed by atoms with E-state index in [9.17, 15) is 0 Å². The molecule has 3 rings (SSSR count). The van der Waals surface area contributed by atoms with Crippen molar-refractivity contribution in [3.63, 3.8) is 0 Å². The fraction of sp³-hybridized carbons (Fsp3) is 0.684. The van der Waals surface area contributed by atoms with Crippen LogP contribution in [0.5, 0.6) is 5.75 Å². The summed E-state index contributed by atoms with van der Waals surface area (Å²) in [5.74, 6) is 0.928. The van der Waals surface area contributed by atoms with Gasteiger partial charge in [0.2, 0.25) is 0 Å². The molecule has 0 unspecified atom stereocenters. The molecule has 5 heteroatoms. The standard InChI is InChI=1S/C19H29BO4/c1-13-11-16(22-15-7-9-21-10-8-15)12-14(2)17(13)20-23-18(3,4)19(5,6)24-20/h11-12,15H,7-10H2,1-6H3. The summed E-state index contributed by atoms with van der Waals surface area (Å²) in [4.78, 5) is 0. The van der Waals surface area contributed by atoms with Gasteiger partial charge >= 0.3 is 7.12 Å². The van der Waals surface area contributed by atoms with Crippen molar-refractivity contribution in [2.45, 2.75) is 71.7 Å². The second kappa shape index (κ2) is 6.36. The lowest BCUT2D eigenvalue weighted by molar-refractivity contribution is 0.00578. The first-order valence-electron chi connectivity index (χ1n) is 8.91. The van der Waals surface area contributed by atoms with E-state index in [-0.39, 0.29) is 24.4 Å². The number of rotatable bonds is 3. The Hall–Kier alpha value is -1.04. The lowest BCUT2D eigenvalue weighted by Crippen LogP contribution is -2.41. The van der Waals surface area contributed by atoms with Gasteiger partial charge in [0.05, 0.1) is 24.4 Å². The molecule has 4 nitrogen and oxygen atoms in total. The Kier molecular flexibility index (Phi) is 4.71. The van der Waals surface area contributed by atoms with E-state index in [0.29, 0.717) is 0 Å². The zero-order valence-electron chi connectivity index (χ0n) is 15.8. The van der Waals surface area contributed by atoms with Gasteiger partial charge in [-0.3, -0.25) is 0 Å². The van der Waals surface area contributed by atoms with Crippen molar-refractivity contribution in [2.24, 2.45) is 0 Å².